The third kappa shape index (κ3) is 1.84. The summed E-state index contributed by atoms with van der Waals surface area (Å²) in [5.74, 6) is 0. The van der Waals surface area contributed by atoms with Crippen LogP contribution in [0.15, 0.2) is 59.7 Å². The molecule has 26 heavy (non-hydrogen) atoms. The Labute approximate surface area is 162 Å². The van der Waals surface area contributed by atoms with Gasteiger partial charge in [0.1, 0.15) is 0 Å². The third-order valence-corrected chi connectivity index (χ3v) is 23.5. The summed E-state index contributed by atoms with van der Waals surface area (Å²) in [6.07, 6.45) is 0. The van der Waals surface area contributed by atoms with E-state index < -0.39 is 20.0 Å². The van der Waals surface area contributed by atoms with Crippen LogP contribution in [0.3, 0.4) is 0 Å². The molecule has 0 amide bonds. The summed E-state index contributed by atoms with van der Waals surface area (Å²) in [7, 11) is 0. The topological polar surface area (TPSA) is 0 Å². The molecule has 132 valence electrons. The van der Waals surface area contributed by atoms with E-state index in [4.69, 9.17) is 0 Å². The van der Waals surface area contributed by atoms with Crippen LogP contribution >= 0.6 is 0 Å². The number of rotatable bonds is 0. The molecule has 0 fully saturated rings. The van der Waals surface area contributed by atoms with Gasteiger partial charge in [0.25, 0.3) is 0 Å². The van der Waals surface area contributed by atoms with Crippen LogP contribution in [0.4, 0.5) is 0 Å². The Balaban J connectivity index is 1.93. The van der Waals surface area contributed by atoms with E-state index in [2.05, 4.69) is 85.6 Å². The molecular weight excluding hydrogens is 479 g/mol. The van der Waals surface area contributed by atoms with E-state index in [-0.39, 0.29) is 5.41 Å². The second-order valence-electron chi connectivity index (χ2n) is 9.60. The SMILES string of the molecule is CC1=C2c3ccccc3[CH]1[Hf]([CH3])([CH3])[CH]1C(C)=C(c3ccccc31)C2(C)C. The molecule has 1 heteroatoms. The fourth-order valence-electron chi connectivity index (χ4n) is 7.00. The molecule has 4 bridgehead atoms. The van der Waals surface area contributed by atoms with Gasteiger partial charge in [0.15, 0.2) is 0 Å². The molecule has 0 spiro atoms. The summed E-state index contributed by atoms with van der Waals surface area (Å²) < 4.78 is 6.85. The van der Waals surface area contributed by atoms with Crippen LogP contribution in [0.5, 0.6) is 0 Å². The fourth-order valence-corrected chi connectivity index (χ4v) is 24.8. The van der Waals surface area contributed by atoms with E-state index in [0.717, 1.165) is 0 Å². The first-order valence-electron chi connectivity index (χ1n) is 9.89. The molecule has 1 heterocycles. The van der Waals surface area contributed by atoms with Gasteiger partial charge in [-0.25, -0.2) is 0 Å². The van der Waals surface area contributed by atoms with Crippen molar-refractivity contribution in [3.8, 4) is 0 Å². The molecule has 0 N–H and O–H groups in total. The number of fused-ring (bicyclic) bond motifs is 8. The quantitative estimate of drug-likeness (QED) is 0.328. The second-order valence-corrected chi connectivity index (χ2v) is 26.8. The van der Waals surface area contributed by atoms with E-state index in [1.807, 2.05) is 0 Å². The first-order chi connectivity index (χ1) is 12.3. The van der Waals surface area contributed by atoms with Gasteiger partial charge in [-0.3, -0.25) is 0 Å². The van der Waals surface area contributed by atoms with Crippen LogP contribution in [0.1, 0.15) is 57.3 Å². The van der Waals surface area contributed by atoms with Gasteiger partial charge in [0.05, 0.1) is 0 Å². The van der Waals surface area contributed by atoms with E-state index in [1.54, 1.807) is 44.5 Å². The molecule has 1 aliphatic heterocycles. The van der Waals surface area contributed by atoms with Gasteiger partial charge < -0.3 is 0 Å². The first-order valence-corrected chi connectivity index (χ1v) is 21.2. The standard InChI is InChI=1S/C23H22.2CH3.Hf/c1-15-13-17-9-5-7-11-19(17)21(15)23(3,4)22-16(2)14-18-10-6-8-12-20(18)22;;;/h5-14H,1-4H3;2*1H3;. The van der Waals surface area contributed by atoms with Gasteiger partial charge in [-0.05, 0) is 0 Å². The molecule has 0 aromatic heterocycles. The maximum atomic E-state index is 2.72. The molecule has 2 aromatic rings. The summed E-state index contributed by atoms with van der Waals surface area (Å²) in [5, 5.41) is 0. The Hall–Kier alpha value is -1.21. The predicted molar refractivity (Wildman–Crippen MR) is 109 cm³/mol. The van der Waals surface area contributed by atoms with E-state index >= 15 is 0 Å². The zero-order chi connectivity index (χ0) is 18.4. The molecule has 2 unspecified atom stereocenters. The monoisotopic (exact) mass is 508 g/mol. The third-order valence-electron chi connectivity index (χ3n) is 7.47. The maximum absolute atomic E-state index is 2.74. The molecule has 3 aliphatic rings. The van der Waals surface area contributed by atoms with Gasteiger partial charge in [-0.2, -0.15) is 0 Å². The molecule has 0 nitrogen and oxygen atoms in total. The van der Waals surface area contributed by atoms with Crippen LogP contribution in [0.25, 0.3) is 11.1 Å². The van der Waals surface area contributed by atoms with Crippen LogP contribution < -0.4 is 0 Å². The van der Waals surface area contributed by atoms with Crippen molar-refractivity contribution in [3.63, 3.8) is 0 Å². The van der Waals surface area contributed by atoms with Gasteiger partial charge in [-0.1, -0.05) is 0 Å². The molecule has 0 saturated heterocycles. The number of allylic oxidation sites excluding steroid dienone is 4. The van der Waals surface area contributed by atoms with Crippen LogP contribution in [0.2, 0.25) is 9.36 Å². The van der Waals surface area contributed by atoms with Crippen molar-refractivity contribution in [1.29, 1.82) is 0 Å². The van der Waals surface area contributed by atoms with E-state index in [9.17, 15) is 0 Å². The Morgan fingerprint density at radius 2 is 1.08 bits per heavy atom. The Morgan fingerprint density at radius 1 is 0.692 bits per heavy atom. The summed E-state index contributed by atoms with van der Waals surface area (Å²) in [6, 6.07) is 18.6. The Morgan fingerprint density at radius 3 is 1.50 bits per heavy atom. The summed E-state index contributed by atoms with van der Waals surface area (Å²) in [6.45, 7) is 9.85. The molecule has 5 rings (SSSR count). The summed E-state index contributed by atoms with van der Waals surface area (Å²) >= 11 is -2.74. The van der Waals surface area contributed by atoms with Crippen molar-refractivity contribution in [2.24, 2.45) is 5.41 Å². The van der Waals surface area contributed by atoms with Gasteiger partial charge >= 0.3 is 163 Å². The number of benzene rings is 2. The van der Waals surface area contributed by atoms with Crippen LogP contribution in [-0.2, 0) is 20.0 Å². The first kappa shape index (κ1) is 16.9. The molecule has 2 atom stereocenters. The molecule has 2 aliphatic carbocycles. The number of hydrogen-bond donors (Lipinski definition) is 0. The predicted octanol–water partition coefficient (Wildman–Crippen LogP) is 7.33. The van der Waals surface area contributed by atoms with Crippen molar-refractivity contribution in [2.45, 2.75) is 44.4 Å². The molecular formula is C25H28Hf. The minimum absolute atomic E-state index is 0.0637. The van der Waals surface area contributed by atoms with Crippen LogP contribution in [0, 0.1) is 5.41 Å². The molecule has 0 saturated carbocycles. The normalized spacial score (nSPS) is 27.2. The van der Waals surface area contributed by atoms with Crippen molar-refractivity contribution < 1.29 is 20.0 Å². The molecule has 2 aromatic carbocycles. The average molecular weight is 507 g/mol. The summed E-state index contributed by atoms with van der Waals surface area (Å²) in [5.41, 5.74) is 13.0. The van der Waals surface area contributed by atoms with E-state index in [1.165, 1.54) is 0 Å². The van der Waals surface area contributed by atoms with Crippen molar-refractivity contribution in [2.75, 3.05) is 0 Å². The minimum atomic E-state index is -2.74. The number of hydrogen-bond acceptors (Lipinski definition) is 0. The fraction of sp³-hybridized carbons (Fsp3) is 0.360. The van der Waals surface area contributed by atoms with Crippen molar-refractivity contribution >= 4 is 11.1 Å². The Kier molecular flexibility index (Phi) is 3.38. The van der Waals surface area contributed by atoms with Gasteiger partial charge in [-0.15, -0.1) is 0 Å². The zero-order valence-electron chi connectivity index (χ0n) is 16.8. The second kappa shape index (κ2) is 5.19. The summed E-state index contributed by atoms with van der Waals surface area (Å²) in [4.78, 5) is 0. The zero-order valence-corrected chi connectivity index (χ0v) is 20.4. The van der Waals surface area contributed by atoms with E-state index in [0.29, 0.717) is 7.35 Å². The van der Waals surface area contributed by atoms with Crippen molar-refractivity contribution in [3.05, 3.63) is 81.9 Å². The van der Waals surface area contributed by atoms with Crippen LogP contribution in [-0.4, -0.2) is 0 Å². The van der Waals surface area contributed by atoms with Gasteiger partial charge in [0, 0.05) is 0 Å². The molecule has 0 radical (unpaired) electrons. The van der Waals surface area contributed by atoms with Crippen molar-refractivity contribution in [1.82, 2.24) is 0 Å². The average Bonchev–Trinajstić information content (AvgIpc) is 3.06. The Bertz CT molecular complexity index is 936. The van der Waals surface area contributed by atoms with Gasteiger partial charge in [0.2, 0.25) is 0 Å².